The summed E-state index contributed by atoms with van der Waals surface area (Å²) in [4.78, 5) is 24.3. The van der Waals surface area contributed by atoms with Gasteiger partial charge in [0.15, 0.2) is 0 Å². The molecule has 0 saturated carbocycles. The molecule has 0 radical (unpaired) electrons. The molecule has 2 unspecified atom stereocenters. The zero-order valence-corrected chi connectivity index (χ0v) is 12.1. The Hall–Kier alpha value is -1.51. The molecule has 0 bridgehead atoms. The van der Waals surface area contributed by atoms with E-state index in [2.05, 4.69) is 16.0 Å². The molecular weight excluding hydrogens is 289 g/mol. The second-order valence-electron chi connectivity index (χ2n) is 5.19. The largest absolute Gasteiger partial charge is 0.393 e. The summed E-state index contributed by atoms with van der Waals surface area (Å²) < 4.78 is 37.4. The van der Waals surface area contributed by atoms with Crippen molar-refractivity contribution in [3.8, 4) is 0 Å². The topological polar surface area (TPSA) is 73.5 Å². The molecule has 1 fully saturated rings. The summed E-state index contributed by atoms with van der Waals surface area (Å²) >= 11 is 0. The Morgan fingerprint density at radius 3 is 2.29 bits per heavy atom. The molecule has 1 aliphatic rings. The van der Waals surface area contributed by atoms with Crippen LogP contribution in [0.25, 0.3) is 0 Å². The highest BCUT2D eigenvalue weighted by atomic mass is 19.4. The summed E-state index contributed by atoms with van der Waals surface area (Å²) in [7, 11) is 3.19. The van der Waals surface area contributed by atoms with Crippen LogP contribution >= 0.6 is 0 Å². The molecule has 1 aliphatic heterocycles. The van der Waals surface area contributed by atoms with Gasteiger partial charge in [0.25, 0.3) is 0 Å². The predicted octanol–water partition coefficient (Wildman–Crippen LogP) is 0.304. The van der Waals surface area contributed by atoms with Crippen LogP contribution in [-0.2, 0) is 4.79 Å². The second kappa shape index (κ2) is 7.48. The van der Waals surface area contributed by atoms with E-state index in [9.17, 15) is 22.8 Å². The van der Waals surface area contributed by atoms with E-state index < -0.39 is 18.1 Å². The Balaban J connectivity index is 2.21. The second-order valence-corrected chi connectivity index (χ2v) is 5.19. The highest BCUT2D eigenvalue weighted by molar-refractivity contribution is 5.81. The lowest BCUT2D eigenvalue weighted by atomic mass is 9.94. The van der Waals surface area contributed by atoms with E-state index in [1.165, 1.54) is 4.90 Å². The molecule has 1 rings (SSSR count). The van der Waals surface area contributed by atoms with E-state index in [-0.39, 0.29) is 44.4 Å². The molecule has 1 heterocycles. The highest BCUT2D eigenvalue weighted by Gasteiger charge is 2.42. The maximum absolute atomic E-state index is 12.5. The van der Waals surface area contributed by atoms with Crippen molar-refractivity contribution in [1.82, 2.24) is 20.9 Å². The maximum Gasteiger partial charge on any atom is 0.393 e. The molecule has 0 aromatic heterocycles. The SMILES string of the molecule is CN(C)C(=O)NCCNC(=O)C1CCC(C(F)(F)F)CN1. The van der Waals surface area contributed by atoms with Gasteiger partial charge in [0.1, 0.15) is 0 Å². The van der Waals surface area contributed by atoms with Gasteiger partial charge in [0, 0.05) is 33.7 Å². The van der Waals surface area contributed by atoms with E-state index in [0.29, 0.717) is 0 Å². The van der Waals surface area contributed by atoms with Gasteiger partial charge >= 0.3 is 12.2 Å². The van der Waals surface area contributed by atoms with Crippen molar-refractivity contribution in [1.29, 1.82) is 0 Å². The smallest absolute Gasteiger partial charge is 0.353 e. The van der Waals surface area contributed by atoms with Gasteiger partial charge in [-0.05, 0) is 12.8 Å². The fourth-order valence-electron chi connectivity index (χ4n) is 2.00. The molecule has 2 atom stereocenters. The molecule has 9 heteroatoms. The van der Waals surface area contributed by atoms with E-state index in [1.54, 1.807) is 14.1 Å². The average molecular weight is 310 g/mol. The first kappa shape index (κ1) is 17.5. The zero-order chi connectivity index (χ0) is 16.0. The van der Waals surface area contributed by atoms with Gasteiger partial charge < -0.3 is 20.9 Å². The normalized spacial score (nSPS) is 22.5. The van der Waals surface area contributed by atoms with Crippen molar-refractivity contribution in [3.63, 3.8) is 0 Å². The molecule has 21 heavy (non-hydrogen) atoms. The standard InChI is InChI=1S/C12H21F3N4O2/c1-19(2)11(21)17-6-5-16-10(20)9-4-3-8(7-18-9)12(13,14)15/h8-9,18H,3-7H2,1-2H3,(H,16,20)(H,17,21). The van der Waals surface area contributed by atoms with Crippen molar-refractivity contribution in [2.75, 3.05) is 33.7 Å². The van der Waals surface area contributed by atoms with E-state index in [1.807, 2.05) is 0 Å². The number of hydrogen-bond donors (Lipinski definition) is 3. The predicted molar refractivity (Wildman–Crippen MR) is 70.7 cm³/mol. The van der Waals surface area contributed by atoms with Gasteiger partial charge in [-0.1, -0.05) is 0 Å². The zero-order valence-electron chi connectivity index (χ0n) is 12.1. The van der Waals surface area contributed by atoms with Crippen LogP contribution < -0.4 is 16.0 Å². The third-order valence-corrected chi connectivity index (χ3v) is 3.30. The first-order valence-electron chi connectivity index (χ1n) is 6.74. The van der Waals surface area contributed by atoms with E-state index >= 15 is 0 Å². The fraction of sp³-hybridized carbons (Fsp3) is 0.833. The number of nitrogens with zero attached hydrogens (tertiary/aromatic N) is 1. The summed E-state index contributed by atoms with van der Waals surface area (Å²) in [6.45, 7) is 0.263. The number of halogens is 3. The molecule has 1 saturated heterocycles. The van der Waals surface area contributed by atoms with Crippen LogP contribution in [0.5, 0.6) is 0 Å². The van der Waals surface area contributed by atoms with Gasteiger partial charge in [0.05, 0.1) is 12.0 Å². The summed E-state index contributed by atoms with van der Waals surface area (Å²) in [5.74, 6) is -1.73. The van der Waals surface area contributed by atoms with Crippen LogP contribution in [0.15, 0.2) is 0 Å². The van der Waals surface area contributed by atoms with Gasteiger partial charge in [0.2, 0.25) is 5.91 Å². The molecule has 0 aliphatic carbocycles. The molecular formula is C12H21F3N4O2. The summed E-state index contributed by atoms with van der Waals surface area (Å²) in [6.07, 6.45) is -4.11. The molecule has 0 spiro atoms. The summed E-state index contributed by atoms with van der Waals surface area (Å²) in [6, 6.07) is -0.874. The number of hydrogen-bond acceptors (Lipinski definition) is 3. The monoisotopic (exact) mass is 310 g/mol. The Bertz CT molecular complexity index is 366. The number of alkyl halides is 3. The van der Waals surface area contributed by atoms with Gasteiger partial charge in [-0.2, -0.15) is 13.2 Å². The van der Waals surface area contributed by atoms with Gasteiger partial charge in [-0.25, -0.2) is 4.79 Å². The van der Waals surface area contributed by atoms with Crippen LogP contribution in [-0.4, -0.2) is 62.8 Å². The van der Waals surface area contributed by atoms with Gasteiger partial charge in [-0.3, -0.25) is 4.79 Å². The van der Waals surface area contributed by atoms with Crippen molar-refractivity contribution in [2.45, 2.75) is 25.1 Å². The quantitative estimate of drug-likeness (QED) is 0.654. The number of rotatable bonds is 4. The number of piperidine rings is 1. The Labute approximate surface area is 121 Å². The number of carbonyl (C=O) groups excluding carboxylic acids is 2. The minimum absolute atomic E-state index is 0.0497. The molecule has 0 aromatic carbocycles. The van der Waals surface area contributed by atoms with Crippen LogP contribution in [0.2, 0.25) is 0 Å². The maximum atomic E-state index is 12.5. The minimum Gasteiger partial charge on any atom is -0.353 e. The van der Waals surface area contributed by atoms with Gasteiger partial charge in [-0.15, -0.1) is 0 Å². The lowest BCUT2D eigenvalue weighted by Gasteiger charge is -2.30. The number of amides is 3. The van der Waals surface area contributed by atoms with Crippen LogP contribution in [0, 0.1) is 5.92 Å². The van der Waals surface area contributed by atoms with Crippen LogP contribution in [0.4, 0.5) is 18.0 Å². The first-order chi connectivity index (χ1) is 9.71. The lowest BCUT2D eigenvalue weighted by Crippen LogP contribution is -2.52. The van der Waals surface area contributed by atoms with Crippen molar-refractivity contribution in [3.05, 3.63) is 0 Å². The summed E-state index contributed by atoms with van der Waals surface area (Å²) in [5.41, 5.74) is 0. The molecule has 6 nitrogen and oxygen atoms in total. The van der Waals surface area contributed by atoms with Crippen LogP contribution in [0.1, 0.15) is 12.8 Å². The Kier molecular flexibility index (Phi) is 6.25. The third-order valence-electron chi connectivity index (χ3n) is 3.30. The lowest BCUT2D eigenvalue weighted by molar-refractivity contribution is -0.180. The highest BCUT2D eigenvalue weighted by Crippen LogP contribution is 2.31. The molecule has 3 amide bonds. The molecule has 122 valence electrons. The molecule has 3 N–H and O–H groups in total. The Morgan fingerprint density at radius 2 is 1.81 bits per heavy atom. The van der Waals surface area contributed by atoms with E-state index in [4.69, 9.17) is 0 Å². The van der Waals surface area contributed by atoms with Crippen molar-refractivity contribution >= 4 is 11.9 Å². The minimum atomic E-state index is -4.22. The summed E-state index contributed by atoms with van der Waals surface area (Å²) in [5, 5.41) is 7.77. The average Bonchev–Trinajstić information content (AvgIpc) is 2.42. The van der Waals surface area contributed by atoms with Crippen molar-refractivity contribution < 1.29 is 22.8 Å². The fourth-order valence-corrected chi connectivity index (χ4v) is 2.00. The number of nitrogens with one attached hydrogen (secondary N) is 3. The molecule has 0 aromatic rings. The third kappa shape index (κ3) is 5.78. The number of urea groups is 1. The van der Waals surface area contributed by atoms with Crippen LogP contribution in [0.3, 0.4) is 0 Å². The van der Waals surface area contributed by atoms with Crippen molar-refractivity contribution in [2.24, 2.45) is 5.92 Å². The Morgan fingerprint density at radius 1 is 1.19 bits per heavy atom. The first-order valence-corrected chi connectivity index (χ1v) is 6.74. The number of carbonyl (C=O) groups is 2. The van der Waals surface area contributed by atoms with E-state index in [0.717, 1.165) is 0 Å².